The first-order valence-corrected chi connectivity index (χ1v) is 10.2. The summed E-state index contributed by atoms with van der Waals surface area (Å²) in [6, 6.07) is 11.0. The SMILES string of the molecule is O=C(Nc1ccc([N+](=O)[O-])cc1)C1(S(=O)(=O)c2ccc(Cl)cc2)CCCC1. The molecule has 1 saturated carbocycles. The van der Waals surface area contributed by atoms with Crippen molar-refractivity contribution in [3.8, 4) is 0 Å². The van der Waals surface area contributed by atoms with Crippen LogP contribution >= 0.6 is 11.6 Å². The Morgan fingerprint density at radius 2 is 1.59 bits per heavy atom. The van der Waals surface area contributed by atoms with Crippen LogP contribution < -0.4 is 5.32 Å². The summed E-state index contributed by atoms with van der Waals surface area (Å²) in [5.74, 6) is -0.621. The summed E-state index contributed by atoms with van der Waals surface area (Å²) >= 11 is 5.84. The van der Waals surface area contributed by atoms with Gasteiger partial charge in [0, 0.05) is 22.8 Å². The van der Waals surface area contributed by atoms with Crippen LogP contribution in [0.3, 0.4) is 0 Å². The zero-order chi connectivity index (χ0) is 19.7. The van der Waals surface area contributed by atoms with E-state index in [2.05, 4.69) is 5.32 Å². The van der Waals surface area contributed by atoms with Crippen LogP contribution in [0.25, 0.3) is 0 Å². The van der Waals surface area contributed by atoms with Crippen molar-refractivity contribution < 1.29 is 18.1 Å². The number of nitro groups is 1. The Hall–Kier alpha value is -2.45. The number of sulfone groups is 1. The minimum Gasteiger partial charge on any atom is -0.325 e. The highest BCUT2D eigenvalue weighted by Crippen LogP contribution is 2.41. The Morgan fingerprint density at radius 1 is 1.04 bits per heavy atom. The number of carbonyl (C=O) groups excluding carboxylic acids is 1. The second-order valence-corrected chi connectivity index (χ2v) is 9.11. The van der Waals surface area contributed by atoms with Crippen LogP contribution in [-0.2, 0) is 14.6 Å². The molecule has 142 valence electrons. The highest BCUT2D eigenvalue weighted by molar-refractivity contribution is 7.93. The number of benzene rings is 2. The molecule has 0 spiro atoms. The van der Waals surface area contributed by atoms with Gasteiger partial charge in [0.25, 0.3) is 5.69 Å². The first-order valence-electron chi connectivity index (χ1n) is 8.32. The molecule has 3 rings (SSSR count). The number of nitrogens with zero attached hydrogens (tertiary/aromatic N) is 1. The summed E-state index contributed by atoms with van der Waals surface area (Å²) in [7, 11) is -3.94. The third-order valence-electron chi connectivity index (χ3n) is 4.80. The molecule has 0 unspecified atom stereocenters. The Morgan fingerprint density at radius 3 is 2.11 bits per heavy atom. The average Bonchev–Trinajstić information content (AvgIpc) is 3.14. The smallest absolute Gasteiger partial charge is 0.269 e. The van der Waals surface area contributed by atoms with Gasteiger partial charge in [-0.25, -0.2) is 8.42 Å². The molecule has 27 heavy (non-hydrogen) atoms. The normalized spacial score (nSPS) is 16.0. The van der Waals surface area contributed by atoms with E-state index >= 15 is 0 Å². The molecule has 2 aromatic rings. The quantitative estimate of drug-likeness (QED) is 0.595. The molecule has 2 aromatic carbocycles. The number of anilines is 1. The summed E-state index contributed by atoms with van der Waals surface area (Å²) < 4.78 is 24.9. The van der Waals surface area contributed by atoms with Crippen molar-refractivity contribution in [3.05, 3.63) is 63.7 Å². The standard InChI is InChI=1S/C18H17ClN2O5S/c19-13-3-9-16(10-4-13)27(25,26)18(11-1-2-12-18)17(22)20-14-5-7-15(8-6-14)21(23)24/h3-10H,1-2,11-12H2,(H,20,22). The fourth-order valence-electron chi connectivity index (χ4n) is 3.31. The summed E-state index contributed by atoms with van der Waals surface area (Å²) in [5.41, 5.74) is 0.195. The minimum atomic E-state index is -3.94. The van der Waals surface area contributed by atoms with E-state index in [0.29, 0.717) is 23.6 Å². The van der Waals surface area contributed by atoms with Gasteiger partial charge in [0.2, 0.25) is 5.91 Å². The Bertz CT molecular complexity index is 966. The third-order valence-corrected chi connectivity index (χ3v) is 7.57. The van der Waals surface area contributed by atoms with E-state index < -0.39 is 25.4 Å². The van der Waals surface area contributed by atoms with Gasteiger partial charge in [0.15, 0.2) is 14.6 Å². The average molecular weight is 409 g/mol. The van der Waals surface area contributed by atoms with Gasteiger partial charge < -0.3 is 5.32 Å². The number of nitro benzene ring substituents is 1. The molecule has 1 aliphatic carbocycles. The lowest BCUT2D eigenvalue weighted by Gasteiger charge is -2.27. The number of rotatable bonds is 5. The maximum atomic E-state index is 13.2. The third kappa shape index (κ3) is 3.54. The zero-order valence-corrected chi connectivity index (χ0v) is 15.8. The lowest BCUT2D eigenvalue weighted by Crippen LogP contribution is -2.47. The maximum Gasteiger partial charge on any atom is 0.269 e. The number of halogens is 1. The molecule has 1 amide bonds. The zero-order valence-electron chi connectivity index (χ0n) is 14.2. The van der Waals surface area contributed by atoms with Crippen LogP contribution in [0.1, 0.15) is 25.7 Å². The van der Waals surface area contributed by atoms with Gasteiger partial charge in [-0.1, -0.05) is 24.4 Å². The van der Waals surface area contributed by atoms with Crippen molar-refractivity contribution in [1.82, 2.24) is 0 Å². The molecule has 0 bridgehead atoms. The minimum absolute atomic E-state index is 0.0487. The second kappa shape index (κ2) is 7.28. The van der Waals surface area contributed by atoms with Crippen molar-refractivity contribution in [2.24, 2.45) is 0 Å². The number of hydrogen-bond acceptors (Lipinski definition) is 5. The molecule has 0 heterocycles. The second-order valence-electron chi connectivity index (χ2n) is 6.42. The number of non-ortho nitro benzene ring substituents is 1. The van der Waals surface area contributed by atoms with Gasteiger partial charge in [0.1, 0.15) is 0 Å². The molecule has 0 radical (unpaired) electrons. The molecule has 0 aliphatic heterocycles. The van der Waals surface area contributed by atoms with Crippen LogP contribution in [0, 0.1) is 10.1 Å². The molecular weight excluding hydrogens is 392 g/mol. The molecule has 7 nitrogen and oxygen atoms in total. The molecule has 1 N–H and O–H groups in total. The monoisotopic (exact) mass is 408 g/mol. The molecule has 9 heteroatoms. The Labute approximate surface area is 161 Å². The maximum absolute atomic E-state index is 13.2. The first-order chi connectivity index (χ1) is 12.8. The van der Waals surface area contributed by atoms with Crippen molar-refractivity contribution >= 4 is 38.7 Å². The van der Waals surface area contributed by atoms with E-state index in [0.717, 1.165) is 0 Å². The summed E-state index contributed by atoms with van der Waals surface area (Å²) in [6.45, 7) is 0. The lowest BCUT2D eigenvalue weighted by molar-refractivity contribution is -0.384. The summed E-state index contributed by atoms with van der Waals surface area (Å²) in [5, 5.41) is 13.8. The summed E-state index contributed by atoms with van der Waals surface area (Å²) in [4.78, 5) is 23.2. The molecule has 0 atom stereocenters. The van der Waals surface area contributed by atoms with Crippen molar-refractivity contribution in [2.75, 3.05) is 5.32 Å². The topological polar surface area (TPSA) is 106 Å². The van der Waals surface area contributed by atoms with E-state index in [-0.39, 0.29) is 23.4 Å². The fourth-order valence-corrected chi connectivity index (χ4v) is 5.51. The molecule has 0 aromatic heterocycles. The highest BCUT2D eigenvalue weighted by atomic mass is 35.5. The van der Waals surface area contributed by atoms with E-state index in [1.54, 1.807) is 0 Å². The number of amides is 1. The number of hydrogen-bond donors (Lipinski definition) is 1. The first kappa shape index (κ1) is 19.3. The van der Waals surface area contributed by atoms with Crippen molar-refractivity contribution in [3.63, 3.8) is 0 Å². The number of nitrogens with one attached hydrogen (secondary N) is 1. The Balaban J connectivity index is 1.93. The predicted molar refractivity (Wildman–Crippen MR) is 102 cm³/mol. The van der Waals surface area contributed by atoms with E-state index in [9.17, 15) is 23.3 Å². The molecule has 1 fully saturated rings. The number of carbonyl (C=O) groups is 1. The van der Waals surface area contributed by atoms with Crippen LogP contribution in [0.4, 0.5) is 11.4 Å². The van der Waals surface area contributed by atoms with Crippen molar-refractivity contribution in [1.29, 1.82) is 0 Å². The van der Waals surface area contributed by atoms with Crippen LogP contribution in [0.2, 0.25) is 5.02 Å². The predicted octanol–water partition coefficient (Wildman–Crippen LogP) is 3.97. The largest absolute Gasteiger partial charge is 0.325 e. The fraction of sp³-hybridized carbons (Fsp3) is 0.278. The molecule has 1 aliphatic rings. The van der Waals surface area contributed by atoms with Gasteiger partial charge in [-0.2, -0.15) is 0 Å². The molecule has 0 saturated heterocycles. The van der Waals surface area contributed by atoms with Gasteiger partial charge in [0.05, 0.1) is 9.82 Å². The van der Waals surface area contributed by atoms with Crippen LogP contribution in [0.5, 0.6) is 0 Å². The van der Waals surface area contributed by atoms with E-state index in [1.165, 1.54) is 48.5 Å². The summed E-state index contributed by atoms with van der Waals surface area (Å²) in [6.07, 6.45) is 1.69. The Kier molecular flexibility index (Phi) is 5.21. The van der Waals surface area contributed by atoms with Crippen LogP contribution in [0.15, 0.2) is 53.4 Å². The van der Waals surface area contributed by atoms with Gasteiger partial charge in [-0.15, -0.1) is 0 Å². The van der Waals surface area contributed by atoms with Crippen LogP contribution in [-0.4, -0.2) is 24.0 Å². The lowest BCUT2D eigenvalue weighted by atomic mass is 10.1. The van der Waals surface area contributed by atoms with E-state index in [4.69, 9.17) is 11.6 Å². The van der Waals surface area contributed by atoms with Crippen molar-refractivity contribution in [2.45, 2.75) is 35.3 Å². The highest BCUT2D eigenvalue weighted by Gasteiger charge is 2.52. The van der Waals surface area contributed by atoms with E-state index in [1.807, 2.05) is 0 Å². The van der Waals surface area contributed by atoms with Gasteiger partial charge >= 0.3 is 0 Å². The molecular formula is C18H17ClN2O5S. The van der Waals surface area contributed by atoms with Gasteiger partial charge in [-0.05, 0) is 49.2 Å². The van der Waals surface area contributed by atoms with Gasteiger partial charge in [-0.3, -0.25) is 14.9 Å².